The summed E-state index contributed by atoms with van der Waals surface area (Å²) < 4.78 is 26.8. The topological polar surface area (TPSA) is 124 Å². The molecule has 1 atom stereocenters. The average Bonchev–Trinajstić information content (AvgIpc) is 2.38. The Hall–Kier alpha value is -1.97. The maximum absolute atomic E-state index is 12.0. The van der Waals surface area contributed by atoms with Crippen LogP contribution >= 0.6 is 0 Å². The van der Waals surface area contributed by atoms with Crippen LogP contribution in [0.4, 0.5) is 0 Å². The summed E-state index contributed by atoms with van der Waals surface area (Å²) in [4.78, 5) is 21.4. The lowest BCUT2D eigenvalue weighted by Crippen LogP contribution is -2.47. The fourth-order valence-corrected chi connectivity index (χ4v) is 2.59. The van der Waals surface area contributed by atoms with Gasteiger partial charge < -0.3 is 10.2 Å². The quantitative estimate of drug-likeness (QED) is 0.614. The van der Waals surface area contributed by atoms with Gasteiger partial charge in [0.05, 0.1) is 6.42 Å². The first kappa shape index (κ1) is 17.1. The minimum atomic E-state index is -4.11. The van der Waals surface area contributed by atoms with Crippen LogP contribution in [0.25, 0.3) is 0 Å². The summed E-state index contributed by atoms with van der Waals surface area (Å²) in [7, 11) is -2.84. The van der Waals surface area contributed by atoms with Gasteiger partial charge in [0.1, 0.15) is 6.04 Å². The molecule has 8 nitrogen and oxygen atoms in total. The van der Waals surface area contributed by atoms with Crippen molar-refractivity contribution in [2.75, 3.05) is 7.05 Å². The molecule has 0 saturated carbocycles. The van der Waals surface area contributed by atoms with Gasteiger partial charge in [0.2, 0.25) is 0 Å². The van der Waals surface area contributed by atoms with Crippen LogP contribution in [-0.4, -0.2) is 48.0 Å². The second-order valence-corrected chi connectivity index (χ2v) is 6.16. The van der Waals surface area contributed by atoms with E-state index in [2.05, 4.69) is 0 Å². The molecule has 0 amide bonds. The Morgan fingerprint density at radius 1 is 1.24 bits per heavy atom. The summed E-state index contributed by atoms with van der Waals surface area (Å²) in [6, 6.07) is 6.99. The number of rotatable bonds is 8. The lowest BCUT2D eigenvalue weighted by Gasteiger charge is -2.20. The molecule has 0 heterocycles. The van der Waals surface area contributed by atoms with Crippen molar-refractivity contribution in [3.05, 3.63) is 35.9 Å². The molecule has 116 valence electrons. The third kappa shape index (κ3) is 5.50. The molecule has 1 aromatic carbocycles. The Balaban J connectivity index is 2.79. The maximum Gasteiger partial charge on any atom is 0.322 e. The first-order valence-electron chi connectivity index (χ1n) is 5.94. The zero-order valence-corrected chi connectivity index (χ0v) is 12.1. The van der Waals surface area contributed by atoms with E-state index in [1.54, 1.807) is 30.3 Å². The number of aliphatic carboxylic acids is 2. The van der Waals surface area contributed by atoms with Gasteiger partial charge in [-0.05, 0) is 5.56 Å². The van der Waals surface area contributed by atoms with Gasteiger partial charge in [0.25, 0.3) is 10.2 Å². The van der Waals surface area contributed by atoms with E-state index < -0.39 is 34.6 Å². The molecule has 0 bridgehead atoms. The third-order valence-electron chi connectivity index (χ3n) is 2.63. The third-order valence-corrected chi connectivity index (χ3v) is 4.16. The maximum atomic E-state index is 12.0. The van der Waals surface area contributed by atoms with Gasteiger partial charge >= 0.3 is 11.9 Å². The van der Waals surface area contributed by atoms with E-state index in [4.69, 9.17) is 10.2 Å². The number of nitrogens with one attached hydrogen (secondary N) is 1. The molecule has 0 aliphatic heterocycles. The van der Waals surface area contributed by atoms with E-state index in [0.29, 0.717) is 0 Å². The molecular formula is C12H16N2O6S. The number of benzene rings is 1. The predicted octanol–water partition coefficient (Wildman–Crippen LogP) is -0.119. The molecule has 0 fully saturated rings. The molecule has 0 saturated heterocycles. The van der Waals surface area contributed by atoms with E-state index in [1.165, 1.54) is 7.05 Å². The monoisotopic (exact) mass is 316 g/mol. The first-order valence-corrected chi connectivity index (χ1v) is 7.38. The predicted molar refractivity (Wildman–Crippen MR) is 73.6 cm³/mol. The van der Waals surface area contributed by atoms with Gasteiger partial charge in [-0.15, -0.1) is 0 Å². The number of carboxylic acids is 2. The van der Waals surface area contributed by atoms with Gasteiger partial charge in [-0.2, -0.15) is 17.4 Å². The SMILES string of the molecule is CN(Cc1ccccc1)S(=O)(=O)NC(CC(=O)O)C(=O)O. The normalized spacial score (nSPS) is 13.0. The highest BCUT2D eigenvalue weighted by Gasteiger charge is 2.28. The lowest BCUT2D eigenvalue weighted by atomic mass is 10.2. The number of carbonyl (C=O) groups is 2. The molecule has 1 rings (SSSR count). The van der Waals surface area contributed by atoms with Gasteiger partial charge in [-0.1, -0.05) is 30.3 Å². The van der Waals surface area contributed by atoms with Crippen LogP contribution in [0, 0.1) is 0 Å². The standard InChI is InChI=1S/C12H16N2O6S/c1-14(8-9-5-3-2-4-6-9)21(19,20)13-10(12(17)18)7-11(15)16/h2-6,10,13H,7-8H2,1H3,(H,15,16)(H,17,18). The van der Waals surface area contributed by atoms with Crippen LogP contribution < -0.4 is 4.72 Å². The minimum absolute atomic E-state index is 0.0373. The molecule has 0 radical (unpaired) electrons. The highest BCUT2D eigenvalue weighted by molar-refractivity contribution is 7.87. The van der Waals surface area contributed by atoms with Crippen LogP contribution in [-0.2, 0) is 26.3 Å². The second-order valence-electron chi connectivity index (χ2n) is 4.35. The number of hydrogen-bond acceptors (Lipinski definition) is 4. The van der Waals surface area contributed by atoms with Crippen LogP contribution in [0.15, 0.2) is 30.3 Å². The van der Waals surface area contributed by atoms with Gasteiger partial charge in [0, 0.05) is 13.6 Å². The molecule has 3 N–H and O–H groups in total. The number of hydrogen-bond donors (Lipinski definition) is 3. The van der Waals surface area contributed by atoms with Gasteiger partial charge in [-0.25, -0.2) is 0 Å². The summed E-state index contributed by atoms with van der Waals surface area (Å²) in [5.41, 5.74) is 0.718. The molecule has 0 aliphatic carbocycles. The second kappa shape index (κ2) is 7.16. The van der Waals surface area contributed by atoms with E-state index in [9.17, 15) is 18.0 Å². The highest BCUT2D eigenvalue weighted by atomic mass is 32.2. The van der Waals surface area contributed by atoms with Crippen LogP contribution in [0.1, 0.15) is 12.0 Å². The summed E-state index contributed by atoms with van der Waals surface area (Å²) >= 11 is 0. The summed E-state index contributed by atoms with van der Waals surface area (Å²) in [5, 5.41) is 17.4. The van der Waals surface area contributed by atoms with Crippen LogP contribution in [0.5, 0.6) is 0 Å². The van der Waals surface area contributed by atoms with E-state index >= 15 is 0 Å². The first-order chi connectivity index (χ1) is 9.72. The fraction of sp³-hybridized carbons (Fsp3) is 0.333. The average molecular weight is 316 g/mol. The van der Waals surface area contributed by atoms with Crippen LogP contribution in [0.2, 0.25) is 0 Å². The molecule has 1 unspecified atom stereocenters. The molecule has 0 spiro atoms. The molecular weight excluding hydrogens is 300 g/mol. The van der Waals surface area contributed by atoms with Crippen molar-refractivity contribution in [2.24, 2.45) is 0 Å². The molecule has 1 aromatic rings. The van der Waals surface area contributed by atoms with Crippen molar-refractivity contribution in [1.82, 2.24) is 9.03 Å². The smallest absolute Gasteiger partial charge is 0.322 e. The summed E-state index contributed by atoms with van der Waals surface area (Å²) in [5.74, 6) is -2.95. The van der Waals surface area contributed by atoms with Crippen molar-refractivity contribution in [3.63, 3.8) is 0 Å². The molecule has 0 aliphatic rings. The highest BCUT2D eigenvalue weighted by Crippen LogP contribution is 2.07. The fourth-order valence-electron chi connectivity index (χ4n) is 1.55. The Bertz CT molecular complexity index is 601. The Labute approximate surface area is 122 Å². The molecule has 9 heteroatoms. The van der Waals surface area contributed by atoms with Gasteiger partial charge in [-0.3, -0.25) is 9.59 Å². The van der Waals surface area contributed by atoms with Gasteiger partial charge in [0.15, 0.2) is 0 Å². The Morgan fingerprint density at radius 2 is 1.81 bits per heavy atom. The van der Waals surface area contributed by atoms with Crippen molar-refractivity contribution in [1.29, 1.82) is 0 Å². The van der Waals surface area contributed by atoms with Crippen molar-refractivity contribution < 1.29 is 28.2 Å². The Morgan fingerprint density at radius 3 is 2.29 bits per heavy atom. The van der Waals surface area contributed by atoms with E-state index in [0.717, 1.165) is 9.87 Å². The number of carboxylic acid groups (broad SMARTS) is 2. The van der Waals surface area contributed by atoms with Crippen molar-refractivity contribution in [3.8, 4) is 0 Å². The molecule has 0 aromatic heterocycles. The van der Waals surface area contributed by atoms with Crippen LogP contribution in [0.3, 0.4) is 0 Å². The lowest BCUT2D eigenvalue weighted by molar-refractivity contribution is -0.145. The largest absolute Gasteiger partial charge is 0.481 e. The van der Waals surface area contributed by atoms with E-state index in [1.807, 2.05) is 4.72 Å². The zero-order chi connectivity index (χ0) is 16.0. The van der Waals surface area contributed by atoms with Crippen molar-refractivity contribution in [2.45, 2.75) is 19.0 Å². The zero-order valence-electron chi connectivity index (χ0n) is 11.3. The van der Waals surface area contributed by atoms with Crippen molar-refractivity contribution >= 4 is 22.1 Å². The van der Waals surface area contributed by atoms with E-state index in [-0.39, 0.29) is 6.54 Å². The number of nitrogens with zero attached hydrogens (tertiary/aromatic N) is 1. The molecule has 21 heavy (non-hydrogen) atoms. The summed E-state index contributed by atoms with van der Waals surface area (Å²) in [6.45, 7) is 0.0373. The minimum Gasteiger partial charge on any atom is -0.481 e. The Kier molecular flexibility index (Phi) is 5.82. The summed E-state index contributed by atoms with van der Waals surface area (Å²) in [6.07, 6.45) is -0.840.